The molecule has 4 N–H and O–H groups in total. The summed E-state index contributed by atoms with van der Waals surface area (Å²) in [6.45, 7) is 3.19. The Morgan fingerprint density at radius 2 is 1.95 bits per heavy atom. The second-order valence-electron chi connectivity index (χ2n) is 10.2. The monoisotopic (exact) mass is 527 g/mol. The molecule has 3 aromatic rings. The van der Waals surface area contributed by atoms with Gasteiger partial charge in [0, 0.05) is 18.2 Å². The third-order valence-electron chi connectivity index (χ3n) is 7.30. The van der Waals surface area contributed by atoms with Crippen LogP contribution in [0.5, 0.6) is 5.75 Å². The van der Waals surface area contributed by atoms with Gasteiger partial charge in [0.25, 0.3) is 5.91 Å². The topological polar surface area (TPSA) is 129 Å². The molecule has 0 radical (unpaired) electrons. The van der Waals surface area contributed by atoms with Crippen molar-refractivity contribution in [1.29, 1.82) is 0 Å². The van der Waals surface area contributed by atoms with Crippen LogP contribution in [0.4, 0.5) is 8.78 Å². The minimum atomic E-state index is -1.36. The zero-order valence-corrected chi connectivity index (χ0v) is 21.3. The number of H-pyrrole nitrogens is 1. The Kier molecular flexibility index (Phi) is 7.29. The number of aryl methyl sites for hydroxylation is 2. The average Bonchev–Trinajstić information content (AvgIpc) is 3.66. The van der Waals surface area contributed by atoms with E-state index in [0.29, 0.717) is 59.1 Å². The van der Waals surface area contributed by atoms with Gasteiger partial charge in [-0.05, 0) is 57.1 Å². The van der Waals surface area contributed by atoms with E-state index in [2.05, 4.69) is 25.6 Å². The second-order valence-corrected chi connectivity index (χ2v) is 10.2. The molecule has 9 nitrogen and oxygen atoms in total. The molecule has 2 heterocycles. The summed E-state index contributed by atoms with van der Waals surface area (Å²) in [6, 6.07) is 2.26. The maximum absolute atomic E-state index is 15.5. The van der Waals surface area contributed by atoms with Crippen molar-refractivity contribution < 1.29 is 28.2 Å². The Hall–Kier alpha value is -3.60. The molecule has 0 aliphatic heterocycles. The molecule has 38 heavy (non-hydrogen) atoms. The van der Waals surface area contributed by atoms with Crippen LogP contribution in [0.1, 0.15) is 53.7 Å². The molecule has 2 saturated carbocycles. The number of hydrogen-bond donors (Lipinski definition) is 4. The van der Waals surface area contributed by atoms with Crippen molar-refractivity contribution in [3.05, 3.63) is 41.1 Å². The Bertz CT molecular complexity index is 1370. The molecule has 1 aromatic carbocycles. The van der Waals surface area contributed by atoms with E-state index < -0.39 is 42.5 Å². The summed E-state index contributed by atoms with van der Waals surface area (Å²) >= 11 is 0. The van der Waals surface area contributed by atoms with Crippen LogP contribution in [-0.2, 0) is 4.79 Å². The van der Waals surface area contributed by atoms with Crippen molar-refractivity contribution in [1.82, 2.24) is 25.6 Å². The van der Waals surface area contributed by atoms with Gasteiger partial charge in [-0.1, -0.05) is 6.07 Å². The summed E-state index contributed by atoms with van der Waals surface area (Å²) in [5, 5.41) is 14.2. The van der Waals surface area contributed by atoms with Gasteiger partial charge in [0.2, 0.25) is 5.91 Å². The SMILES string of the molecule is Cc1ccc(OCC2CC2)c(-c2ncnc3c(C(=O)N[C@H]4CC[C@H](NC(=O)CO)[C@H](F)C4)c(C)[nH]c23)c1F. The number of aliphatic hydroxyl groups excluding tert-OH is 1. The number of nitrogens with zero attached hydrogens (tertiary/aromatic N) is 2. The van der Waals surface area contributed by atoms with Gasteiger partial charge in [-0.25, -0.2) is 18.7 Å². The molecular weight excluding hydrogens is 496 g/mol. The Morgan fingerprint density at radius 3 is 2.66 bits per heavy atom. The number of ether oxygens (including phenoxy) is 1. The molecule has 3 atom stereocenters. The number of nitrogens with one attached hydrogen (secondary N) is 3. The zero-order valence-electron chi connectivity index (χ0n) is 21.3. The van der Waals surface area contributed by atoms with Gasteiger partial charge in [0.05, 0.1) is 29.3 Å². The first-order chi connectivity index (χ1) is 18.3. The van der Waals surface area contributed by atoms with Crippen molar-refractivity contribution >= 4 is 22.8 Å². The van der Waals surface area contributed by atoms with Crippen LogP contribution in [0.15, 0.2) is 18.5 Å². The molecule has 0 spiro atoms. The Balaban J connectivity index is 1.41. The molecule has 0 unspecified atom stereocenters. The summed E-state index contributed by atoms with van der Waals surface area (Å²) in [4.78, 5) is 36.6. The predicted octanol–water partition coefficient (Wildman–Crippen LogP) is 3.27. The number of halogens is 2. The van der Waals surface area contributed by atoms with E-state index in [-0.39, 0.29) is 17.5 Å². The van der Waals surface area contributed by atoms with Gasteiger partial charge < -0.3 is 25.5 Å². The van der Waals surface area contributed by atoms with E-state index in [1.54, 1.807) is 26.0 Å². The number of alkyl halides is 1. The molecule has 2 aromatic heterocycles. The van der Waals surface area contributed by atoms with Crippen LogP contribution in [-0.4, -0.2) is 63.3 Å². The van der Waals surface area contributed by atoms with Crippen molar-refractivity contribution in [2.24, 2.45) is 5.92 Å². The molecule has 11 heteroatoms. The van der Waals surface area contributed by atoms with E-state index in [4.69, 9.17) is 9.84 Å². The number of aromatic amines is 1. The van der Waals surface area contributed by atoms with Gasteiger partial charge in [-0.15, -0.1) is 0 Å². The van der Waals surface area contributed by atoms with Crippen LogP contribution >= 0.6 is 0 Å². The smallest absolute Gasteiger partial charge is 0.255 e. The second kappa shape index (κ2) is 10.6. The van der Waals surface area contributed by atoms with Gasteiger partial charge in [-0.2, -0.15) is 0 Å². The molecule has 2 amide bonds. The summed E-state index contributed by atoms with van der Waals surface area (Å²) in [5.74, 6) is -0.641. The summed E-state index contributed by atoms with van der Waals surface area (Å²) in [6.07, 6.45) is 2.94. The third kappa shape index (κ3) is 5.20. The lowest BCUT2D eigenvalue weighted by Crippen LogP contribution is -2.50. The number of amides is 2. The number of fused-ring (bicyclic) bond motifs is 1. The van der Waals surface area contributed by atoms with Crippen LogP contribution in [0.25, 0.3) is 22.3 Å². The molecule has 202 valence electrons. The van der Waals surface area contributed by atoms with E-state index >= 15 is 4.39 Å². The largest absolute Gasteiger partial charge is 0.492 e. The van der Waals surface area contributed by atoms with Gasteiger partial charge in [-0.3, -0.25) is 9.59 Å². The quantitative estimate of drug-likeness (QED) is 0.356. The Morgan fingerprint density at radius 1 is 1.16 bits per heavy atom. The highest BCUT2D eigenvalue weighted by Gasteiger charge is 2.33. The van der Waals surface area contributed by atoms with Gasteiger partial charge in [0.1, 0.15) is 41.9 Å². The lowest BCUT2D eigenvalue weighted by atomic mass is 9.89. The highest BCUT2D eigenvalue weighted by Crippen LogP contribution is 2.39. The van der Waals surface area contributed by atoms with E-state index in [1.807, 2.05) is 0 Å². The van der Waals surface area contributed by atoms with Crippen LogP contribution in [0.2, 0.25) is 0 Å². The average molecular weight is 528 g/mol. The first-order valence-electron chi connectivity index (χ1n) is 12.9. The van der Waals surface area contributed by atoms with Crippen LogP contribution in [0.3, 0.4) is 0 Å². The number of aromatic nitrogens is 3. The van der Waals surface area contributed by atoms with E-state index in [1.165, 1.54) is 6.33 Å². The highest BCUT2D eigenvalue weighted by atomic mass is 19.1. The van der Waals surface area contributed by atoms with E-state index in [9.17, 15) is 14.0 Å². The minimum Gasteiger partial charge on any atom is -0.492 e. The molecule has 0 bridgehead atoms. The lowest BCUT2D eigenvalue weighted by Gasteiger charge is -2.32. The molecule has 5 rings (SSSR count). The number of carbonyl (C=O) groups excluding carboxylic acids is 2. The van der Waals surface area contributed by atoms with Gasteiger partial charge >= 0.3 is 0 Å². The van der Waals surface area contributed by atoms with E-state index in [0.717, 1.165) is 12.8 Å². The molecular formula is C27H31F2N5O4. The Labute approximate surface area is 218 Å². The van der Waals surface area contributed by atoms with Crippen LogP contribution in [0, 0.1) is 25.6 Å². The first-order valence-corrected chi connectivity index (χ1v) is 12.9. The number of aliphatic hydroxyl groups is 1. The fourth-order valence-corrected chi connectivity index (χ4v) is 5.00. The third-order valence-corrected chi connectivity index (χ3v) is 7.30. The first kappa shape index (κ1) is 26.0. The highest BCUT2D eigenvalue weighted by molar-refractivity contribution is 6.09. The normalized spacial score (nSPS) is 21.3. The van der Waals surface area contributed by atoms with Crippen molar-refractivity contribution in [2.45, 2.75) is 64.2 Å². The number of benzene rings is 1. The van der Waals surface area contributed by atoms with Crippen LogP contribution < -0.4 is 15.4 Å². The van der Waals surface area contributed by atoms with Crippen molar-refractivity contribution in [3.63, 3.8) is 0 Å². The molecule has 2 aliphatic carbocycles. The van der Waals surface area contributed by atoms with Crippen molar-refractivity contribution in [3.8, 4) is 17.0 Å². The summed E-state index contributed by atoms with van der Waals surface area (Å²) < 4.78 is 36.1. The van der Waals surface area contributed by atoms with Gasteiger partial charge in [0.15, 0.2) is 0 Å². The maximum Gasteiger partial charge on any atom is 0.255 e. The lowest BCUT2D eigenvalue weighted by molar-refractivity contribution is -0.125. The standard InChI is InChI=1S/C27H31F2N5O4/c1-13-3-8-19(38-11-15-4-5-15)22(23(13)29)25-26-24(30-12-31-25)21(14(2)32-26)27(37)33-16-6-7-18(17(28)9-16)34-20(36)10-35/h3,8,12,15-18,32,35H,4-7,9-11H2,1-2H3,(H,33,37)(H,34,36)/t16-,17+,18-/m0/s1. The minimum absolute atomic E-state index is 0.0277. The fourth-order valence-electron chi connectivity index (χ4n) is 5.00. The predicted molar refractivity (Wildman–Crippen MR) is 136 cm³/mol. The molecule has 0 saturated heterocycles. The summed E-state index contributed by atoms with van der Waals surface area (Å²) in [7, 11) is 0. The number of carbonyl (C=O) groups is 2. The number of rotatable bonds is 8. The fraction of sp³-hybridized carbons (Fsp3) is 0.481. The zero-order chi connectivity index (χ0) is 27.0. The van der Waals surface area contributed by atoms with Crippen molar-refractivity contribution in [2.75, 3.05) is 13.2 Å². The summed E-state index contributed by atoms with van der Waals surface area (Å²) in [5.41, 5.74) is 2.51. The molecule has 2 fully saturated rings. The maximum atomic E-state index is 15.5. The number of hydrogen-bond acceptors (Lipinski definition) is 6. The molecule has 2 aliphatic rings.